The normalized spacial score (nSPS) is 12.9. The van der Waals surface area contributed by atoms with Gasteiger partial charge in [0, 0.05) is 12.2 Å². The van der Waals surface area contributed by atoms with E-state index < -0.39 is 21.9 Å². The van der Waals surface area contributed by atoms with E-state index in [9.17, 15) is 13.2 Å². The summed E-state index contributed by atoms with van der Waals surface area (Å²) in [5.41, 5.74) is 0.697. The first-order valence-corrected chi connectivity index (χ1v) is 7.89. The van der Waals surface area contributed by atoms with Crippen molar-refractivity contribution in [1.29, 1.82) is 0 Å². The Kier molecular flexibility index (Phi) is 5.97. The number of hydrogen-bond acceptors (Lipinski definition) is 4. The maximum absolute atomic E-state index is 11.5. The molecule has 0 fully saturated rings. The van der Waals surface area contributed by atoms with Gasteiger partial charge in [0.15, 0.2) is 0 Å². The Morgan fingerprint density at radius 3 is 2.35 bits per heavy atom. The van der Waals surface area contributed by atoms with Crippen LogP contribution in [0.3, 0.4) is 0 Å². The molecule has 1 atom stereocenters. The van der Waals surface area contributed by atoms with Gasteiger partial charge >= 0.3 is 5.97 Å². The minimum absolute atomic E-state index is 0.175. The van der Waals surface area contributed by atoms with Crippen LogP contribution in [0.25, 0.3) is 0 Å². The molecule has 0 amide bonds. The lowest BCUT2D eigenvalue weighted by atomic mass is 10.0. The molecule has 1 aromatic carbocycles. The smallest absolute Gasteiger partial charge is 0.308 e. The zero-order chi connectivity index (χ0) is 15.2. The van der Waals surface area contributed by atoms with Crippen molar-refractivity contribution in [1.82, 2.24) is 4.72 Å². The molecule has 0 spiro atoms. The lowest BCUT2D eigenvalue weighted by Gasteiger charge is -2.13. The molecule has 0 saturated heterocycles. The molecule has 112 valence electrons. The Balaban J connectivity index is 2.68. The zero-order valence-corrected chi connectivity index (χ0v) is 12.4. The summed E-state index contributed by atoms with van der Waals surface area (Å²) >= 11 is 0. The minimum Gasteiger partial charge on any atom is -0.481 e. The van der Waals surface area contributed by atoms with E-state index in [-0.39, 0.29) is 4.90 Å². The molecule has 1 unspecified atom stereocenters. The lowest BCUT2D eigenvalue weighted by molar-refractivity contribution is -0.141. The van der Waals surface area contributed by atoms with Crippen molar-refractivity contribution in [2.45, 2.75) is 24.7 Å². The molecule has 0 aromatic heterocycles. The molecule has 0 radical (unpaired) electrons. The molecule has 0 bridgehead atoms. The number of benzene rings is 1. The van der Waals surface area contributed by atoms with Gasteiger partial charge in [-0.15, -0.1) is 0 Å². The number of sulfonamides is 1. The second kappa shape index (κ2) is 7.25. The van der Waals surface area contributed by atoms with Crippen molar-refractivity contribution in [2.24, 2.45) is 5.92 Å². The predicted octanol–water partition coefficient (Wildman–Crippen LogP) is 1.51. The topological polar surface area (TPSA) is 95.5 Å². The summed E-state index contributed by atoms with van der Waals surface area (Å²) in [6.07, 6.45) is 1.41. The third-order valence-corrected chi connectivity index (χ3v) is 4.40. The molecule has 7 heteroatoms. The first-order chi connectivity index (χ1) is 9.40. The third-order valence-electron chi connectivity index (χ3n) is 2.97. The van der Waals surface area contributed by atoms with Gasteiger partial charge in [0.05, 0.1) is 10.8 Å². The van der Waals surface area contributed by atoms with E-state index in [0.29, 0.717) is 18.7 Å². The Labute approximate surface area is 119 Å². The Morgan fingerprint density at radius 2 is 1.90 bits per heavy atom. The largest absolute Gasteiger partial charge is 0.481 e. The fourth-order valence-corrected chi connectivity index (χ4v) is 2.50. The van der Waals surface area contributed by atoms with Crippen molar-refractivity contribution in [2.75, 3.05) is 18.9 Å². The summed E-state index contributed by atoms with van der Waals surface area (Å²) < 4.78 is 25.3. The maximum atomic E-state index is 11.5. The van der Waals surface area contributed by atoms with Crippen LogP contribution >= 0.6 is 0 Å². The Hall–Kier alpha value is -1.60. The van der Waals surface area contributed by atoms with Gasteiger partial charge in [0.25, 0.3) is 0 Å². The van der Waals surface area contributed by atoms with E-state index in [0.717, 1.165) is 6.42 Å². The molecule has 0 aliphatic rings. The number of nitrogens with one attached hydrogen (secondary N) is 2. The highest BCUT2D eigenvalue weighted by Crippen LogP contribution is 2.15. The molecule has 0 aliphatic carbocycles. The SMILES string of the molecule is CCCC(CNc1ccc(S(=O)(=O)NC)cc1)C(=O)O. The summed E-state index contributed by atoms with van der Waals surface area (Å²) in [6.45, 7) is 2.26. The lowest BCUT2D eigenvalue weighted by Crippen LogP contribution is -2.22. The van der Waals surface area contributed by atoms with Crippen LogP contribution in [0.1, 0.15) is 19.8 Å². The van der Waals surface area contributed by atoms with Crippen LogP contribution in [-0.4, -0.2) is 33.1 Å². The van der Waals surface area contributed by atoms with E-state index >= 15 is 0 Å². The standard InChI is InChI=1S/C13H20N2O4S/c1-3-4-10(13(16)17)9-15-11-5-7-12(8-6-11)20(18,19)14-2/h5-8,10,14-15H,3-4,9H2,1-2H3,(H,16,17). The zero-order valence-electron chi connectivity index (χ0n) is 11.6. The average Bonchev–Trinajstić information content (AvgIpc) is 2.43. The predicted molar refractivity (Wildman–Crippen MR) is 77.2 cm³/mol. The first kappa shape index (κ1) is 16.5. The number of carboxylic acid groups (broad SMARTS) is 1. The van der Waals surface area contributed by atoms with Gasteiger partial charge in [-0.1, -0.05) is 13.3 Å². The van der Waals surface area contributed by atoms with Gasteiger partial charge in [-0.05, 0) is 37.7 Å². The molecule has 0 heterocycles. The summed E-state index contributed by atoms with van der Waals surface area (Å²) in [6, 6.07) is 6.19. The number of anilines is 1. The Bertz CT molecular complexity index is 540. The first-order valence-electron chi connectivity index (χ1n) is 6.41. The molecule has 20 heavy (non-hydrogen) atoms. The number of hydrogen-bond donors (Lipinski definition) is 3. The van der Waals surface area contributed by atoms with Gasteiger partial charge in [-0.3, -0.25) is 4.79 Å². The van der Waals surface area contributed by atoms with Crippen LogP contribution in [0, 0.1) is 5.92 Å². The molecule has 1 rings (SSSR count). The summed E-state index contributed by atoms with van der Waals surface area (Å²) in [4.78, 5) is 11.2. The van der Waals surface area contributed by atoms with Crippen LogP contribution < -0.4 is 10.0 Å². The molecule has 6 nitrogen and oxygen atoms in total. The highest BCUT2D eigenvalue weighted by atomic mass is 32.2. The van der Waals surface area contributed by atoms with E-state index in [1.807, 2.05) is 6.92 Å². The molecule has 3 N–H and O–H groups in total. The molecular weight excluding hydrogens is 280 g/mol. The van der Waals surface area contributed by atoms with Crippen LogP contribution in [0.2, 0.25) is 0 Å². The summed E-state index contributed by atoms with van der Waals surface area (Å²) in [7, 11) is -2.09. The van der Waals surface area contributed by atoms with Crippen LogP contribution in [0.15, 0.2) is 29.2 Å². The highest BCUT2D eigenvalue weighted by Gasteiger charge is 2.16. The average molecular weight is 300 g/mol. The second-order valence-electron chi connectivity index (χ2n) is 4.44. The van der Waals surface area contributed by atoms with Gasteiger partial charge in [-0.2, -0.15) is 0 Å². The van der Waals surface area contributed by atoms with Crippen molar-refractivity contribution in [3.63, 3.8) is 0 Å². The Morgan fingerprint density at radius 1 is 1.30 bits per heavy atom. The van der Waals surface area contributed by atoms with Crippen molar-refractivity contribution < 1.29 is 18.3 Å². The molecular formula is C13H20N2O4S. The van der Waals surface area contributed by atoms with E-state index in [2.05, 4.69) is 10.0 Å². The number of carbonyl (C=O) groups is 1. The minimum atomic E-state index is -3.44. The summed E-state index contributed by atoms with van der Waals surface area (Å²) in [5.74, 6) is -1.27. The fourth-order valence-electron chi connectivity index (χ4n) is 1.77. The van der Waals surface area contributed by atoms with E-state index in [1.165, 1.54) is 19.2 Å². The maximum Gasteiger partial charge on any atom is 0.308 e. The van der Waals surface area contributed by atoms with Crippen molar-refractivity contribution >= 4 is 21.7 Å². The van der Waals surface area contributed by atoms with E-state index in [4.69, 9.17) is 5.11 Å². The van der Waals surface area contributed by atoms with Gasteiger partial charge < -0.3 is 10.4 Å². The number of aliphatic carboxylic acids is 1. The fraction of sp³-hybridized carbons (Fsp3) is 0.462. The number of carboxylic acids is 1. The van der Waals surface area contributed by atoms with Crippen LogP contribution in [-0.2, 0) is 14.8 Å². The highest BCUT2D eigenvalue weighted by molar-refractivity contribution is 7.89. The van der Waals surface area contributed by atoms with Crippen LogP contribution in [0.5, 0.6) is 0 Å². The molecule has 0 saturated carbocycles. The van der Waals surface area contributed by atoms with E-state index in [1.54, 1.807) is 12.1 Å². The quantitative estimate of drug-likeness (QED) is 0.676. The van der Waals surface area contributed by atoms with Gasteiger partial charge in [-0.25, -0.2) is 13.1 Å². The van der Waals surface area contributed by atoms with Gasteiger partial charge in [0.1, 0.15) is 0 Å². The monoisotopic (exact) mass is 300 g/mol. The molecule has 1 aromatic rings. The van der Waals surface area contributed by atoms with Gasteiger partial charge in [0.2, 0.25) is 10.0 Å². The summed E-state index contributed by atoms with van der Waals surface area (Å²) in [5, 5.41) is 12.0. The molecule has 0 aliphatic heterocycles. The second-order valence-corrected chi connectivity index (χ2v) is 6.32. The van der Waals surface area contributed by atoms with Crippen molar-refractivity contribution in [3.05, 3.63) is 24.3 Å². The number of rotatable bonds is 8. The van der Waals surface area contributed by atoms with Crippen molar-refractivity contribution in [3.8, 4) is 0 Å². The van der Waals surface area contributed by atoms with Crippen LogP contribution in [0.4, 0.5) is 5.69 Å². The third kappa shape index (κ3) is 4.50.